The van der Waals surface area contributed by atoms with E-state index in [0.717, 1.165) is 36.8 Å². The van der Waals surface area contributed by atoms with Gasteiger partial charge >= 0.3 is 12.1 Å². The number of aliphatic carboxylic acids is 1. The van der Waals surface area contributed by atoms with E-state index in [1.807, 2.05) is 29.2 Å². The molecular formula is C27H30N2O5. The molecule has 2 fully saturated rings. The highest BCUT2D eigenvalue weighted by atomic mass is 16.5. The van der Waals surface area contributed by atoms with Gasteiger partial charge in [0.1, 0.15) is 6.61 Å². The second-order valence-electron chi connectivity index (χ2n) is 9.62. The van der Waals surface area contributed by atoms with Gasteiger partial charge in [-0.15, -0.1) is 0 Å². The fraction of sp³-hybridized carbons (Fsp3) is 0.444. The molecule has 2 aliphatic heterocycles. The number of nitrogens with one attached hydrogen (secondary N) is 1. The number of benzene rings is 2. The number of piperidine rings is 1. The summed E-state index contributed by atoms with van der Waals surface area (Å²) in [5.74, 6) is -0.586. The predicted molar refractivity (Wildman–Crippen MR) is 126 cm³/mol. The van der Waals surface area contributed by atoms with Crippen LogP contribution >= 0.6 is 0 Å². The zero-order chi connectivity index (χ0) is 23.7. The first-order chi connectivity index (χ1) is 16.5. The second-order valence-corrected chi connectivity index (χ2v) is 9.62. The van der Waals surface area contributed by atoms with Gasteiger partial charge in [0, 0.05) is 37.4 Å². The molecule has 2 saturated heterocycles. The predicted octanol–water partition coefficient (Wildman–Crippen LogP) is 4.16. The molecule has 2 N–H and O–H groups in total. The molecule has 0 radical (unpaired) electrons. The largest absolute Gasteiger partial charge is 0.481 e. The molecule has 2 aromatic rings. The first-order valence-corrected chi connectivity index (χ1v) is 12.1. The van der Waals surface area contributed by atoms with Gasteiger partial charge in [-0.05, 0) is 53.9 Å². The number of rotatable bonds is 7. The molecule has 34 heavy (non-hydrogen) atoms. The summed E-state index contributed by atoms with van der Waals surface area (Å²) in [5.41, 5.74) is 4.68. The number of carboxylic acids is 1. The SMILES string of the molecule is O=C(O)CC1CC2CCC(C1)N2C(=O)CCNC(=O)OCC1c2ccccc2-c2ccccc21. The Morgan fingerprint density at radius 3 is 2.12 bits per heavy atom. The Morgan fingerprint density at radius 2 is 1.53 bits per heavy atom. The zero-order valence-electron chi connectivity index (χ0n) is 19.1. The van der Waals surface area contributed by atoms with Crippen LogP contribution in [0.2, 0.25) is 0 Å². The standard InChI is InChI=1S/C27H30N2O5/c30-25(29-18-9-10-19(29)14-17(13-18)15-26(31)32)11-12-28-27(33)34-16-24-22-7-3-1-5-20(22)21-6-2-4-8-23(21)24/h1-8,17-19,24H,9-16H2,(H,28,33)(H,31,32). The van der Waals surface area contributed by atoms with E-state index in [1.54, 1.807) is 0 Å². The first kappa shape index (κ1) is 22.4. The molecule has 2 aromatic carbocycles. The molecule has 178 valence electrons. The van der Waals surface area contributed by atoms with E-state index in [4.69, 9.17) is 9.84 Å². The summed E-state index contributed by atoms with van der Waals surface area (Å²) in [7, 11) is 0. The quantitative estimate of drug-likeness (QED) is 0.644. The van der Waals surface area contributed by atoms with Crippen molar-refractivity contribution in [2.75, 3.05) is 13.2 Å². The van der Waals surface area contributed by atoms with Crippen molar-refractivity contribution in [1.82, 2.24) is 10.2 Å². The van der Waals surface area contributed by atoms with Crippen LogP contribution in [0.4, 0.5) is 4.79 Å². The van der Waals surface area contributed by atoms with Gasteiger partial charge in [0.05, 0.1) is 0 Å². The lowest BCUT2D eigenvalue weighted by molar-refractivity contribution is -0.140. The first-order valence-electron chi connectivity index (χ1n) is 12.1. The minimum atomic E-state index is -0.767. The smallest absolute Gasteiger partial charge is 0.407 e. The van der Waals surface area contributed by atoms with E-state index in [2.05, 4.69) is 29.6 Å². The number of carboxylic acid groups (broad SMARTS) is 1. The van der Waals surface area contributed by atoms with E-state index in [9.17, 15) is 14.4 Å². The van der Waals surface area contributed by atoms with Gasteiger partial charge in [0.2, 0.25) is 5.91 Å². The highest BCUT2D eigenvalue weighted by Gasteiger charge is 2.43. The Bertz CT molecular complexity index is 1040. The number of hydrogen-bond acceptors (Lipinski definition) is 4. The van der Waals surface area contributed by atoms with E-state index in [1.165, 1.54) is 11.1 Å². The lowest BCUT2D eigenvalue weighted by Crippen LogP contribution is -2.47. The van der Waals surface area contributed by atoms with Crippen LogP contribution in [0.25, 0.3) is 11.1 Å². The molecule has 2 unspecified atom stereocenters. The topological polar surface area (TPSA) is 95.9 Å². The maximum absolute atomic E-state index is 12.8. The molecule has 7 nitrogen and oxygen atoms in total. The number of carbonyl (C=O) groups is 3. The minimum Gasteiger partial charge on any atom is -0.481 e. The van der Waals surface area contributed by atoms with Gasteiger partial charge < -0.3 is 20.1 Å². The Balaban J connectivity index is 1.10. The van der Waals surface area contributed by atoms with Gasteiger partial charge in [-0.3, -0.25) is 9.59 Å². The highest BCUT2D eigenvalue weighted by Crippen LogP contribution is 2.44. The normalized spacial score (nSPS) is 22.7. The summed E-state index contributed by atoms with van der Waals surface area (Å²) in [4.78, 5) is 38.2. The van der Waals surface area contributed by atoms with Crippen molar-refractivity contribution in [3.8, 4) is 11.1 Å². The number of fused-ring (bicyclic) bond motifs is 5. The average molecular weight is 463 g/mol. The molecule has 5 rings (SSSR count). The third-order valence-corrected chi connectivity index (χ3v) is 7.53. The van der Waals surface area contributed by atoms with Crippen LogP contribution in [0.1, 0.15) is 55.6 Å². The number of hydrogen-bond donors (Lipinski definition) is 2. The maximum atomic E-state index is 12.8. The monoisotopic (exact) mass is 462 g/mol. The van der Waals surface area contributed by atoms with Gasteiger partial charge in [-0.25, -0.2) is 4.79 Å². The average Bonchev–Trinajstić information content (AvgIpc) is 3.29. The zero-order valence-corrected chi connectivity index (χ0v) is 19.1. The minimum absolute atomic E-state index is 0.00232. The summed E-state index contributed by atoms with van der Waals surface area (Å²) in [6, 6.07) is 16.6. The van der Waals surface area contributed by atoms with Gasteiger partial charge in [-0.1, -0.05) is 48.5 Å². The van der Waals surface area contributed by atoms with Crippen molar-refractivity contribution in [2.45, 2.75) is 56.5 Å². The molecule has 0 aromatic heterocycles. The van der Waals surface area contributed by atoms with Crippen LogP contribution in [0.5, 0.6) is 0 Å². The number of carbonyl (C=O) groups excluding carboxylic acids is 2. The molecular weight excluding hydrogens is 432 g/mol. The Kier molecular flexibility index (Phi) is 6.26. The van der Waals surface area contributed by atoms with Crippen molar-refractivity contribution in [3.05, 3.63) is 59.7 Å². The van der Waals surface area contributed by atoms with Crippen LogP contribution in [-0.4, -0.2) is 53.2 Å². The third kappa shape index (κ3) is 4.39. The van der Waals surface area contributed by atoms with E-state index in [0.29, 0.717) is 0 Å². The fourth-order valence-corrected chi connectivity index (χ4v) is 6.16. The van der Waals surface area contributed by atoms with Crippen molar-refractivity contribution in [2.24, 2.45) is 5.92 Å². The number of ether oxygens (including phenoxy) is 1. The lowest BCUT2D eigenvalue weighted by atomic mass is 9.88. The Labute approximate surface area is 199 Å². The summed E-state index contributed by atoms with van der Waals surface area (Å²) >= 11 is 0. The van der Waals surface area contributed by atoms with Crippen LogP contribution in [0, 0.1) is 5.92 Å². The molecule has 2 heterocycles. The van der Waals surface area contributed by atoms with Crippen molar-refractivity contribution >= 4 is 18.0 Å². The molecule has 3 aliphatic rings. The van der Waals surface area contributed by atoms with Crippen LogP contribution < -0.4 is 5.32 Å². The second kappa shape index (κ2) is 9.49. The van der Waals surface area contributed by atoms with E-state index >= 15 is 0 Å². The summed E-state index contributed by atoms with van der Waals surface area (Å²) in [6.45, 7) is 0.471. The van der Waals surface area contributed by atoms with Crippen LogP contribution in [0.15, 0.2) is 48.5 Å². The highest BCUT2D eigenvalue weighted by molar-refractivity contribution is 5.80. The molecule has 2 amide bonds. The summed E-state index contributed by atoms with van der Waals surface area (Å²) in [6.07, 6.45) is 3.28. The number of amides is 2. The van der Waals surface area contributed by atoms with Gasteiger partial charge in [-0.2, -0.15) is 0 Å². The molecule has 0 saturated carbocycles. The van der Waals surface area contributed by atoms with E-state index < -0.39 is 12.1 Å². The Hall–Kier alpha value is -3.35. The Morgan fingerprint density at radius 1 is 0.941 bits per heavy atom. The van der Waals surface area contributed by atoms with Gasteiger partial charge in [0.15, 0.2) is 0 Å². The lowest BCUT2D eigenvalue weighted by Gasteiger charge is -2.38. The molecule has 7 heteroatoms. The number of nitrogens with zero attached hydrogens (tertiary/aromatic N) is 1. The van der Waals surface area contributed by atoms with Crippen LogP contribution in [-0.2, 0) is 14.3 Å². The number of alkyl carbamates (subject to hydrolysis) is 1. The van der Waals surface area contributed by atoms with Crippen molar-refractivity contribution in [1.29, 1.82) is 0 Å². The maximum Gasteiger partial charge on any atom is 0.407 e. The van der Waals surface area contributed by atoms with Crippen molar-refractivity contribution < 1.29 is 24.2 Å². The fourth-order valence-electron chi connectivity index (χ4n) is 6.16. The molecule has 0 spiro atoms. The molecule has 1 aliphatic carbocycles. The van der Waals surface area contributed by atoms with Crippen LogP contribution in [0.3, 0.4) is 0 Å². The summed E-state index contributed by atoms with van der Waals surface area (Å²) in [5, 5.41) is 11.8. The third-order valence-electron chi connectivity index (χ3n) is 7.53. The molecule has 2 bridgehead atoms. The van der Waals surface area contributed by atoms with Crippen molar-refractivity contribution in [3.63, 3.8) is 0 Å². The van der Waals surface area contributed by atoms with E-state index in [-0.39, 0.29) is 55.8 Å². The summed E-state index contributed by atoms with van der Waals surface area (Å²) < 4.78 is 5.54. The molecule has 2 atom stereocenters. The van der Waals surface area contributed by atoms with Gasteiger partial charge in [0.25, 0.3) is 0 Å².